The maximum atomic E-state index is 13.1. The summed E-state index contributed by atoms with van der Waals surface area (Å²) >= 11 is 19.0. The average Bonchev–Trinajstić information content (AvgIpc) is 2.80. The van der Waals surface area contributed by atoms with Gasteiger partial charge in [-0.1, -0.05) is 40.9 Å². The first-order valence-corrected chi connectivity index (χ1v) is 10.7. The maximum absolute atomic E-state index is 13.1. The van der Waals surface area contributed by atoms with Crippen molar-refractivity contribution in [1.82, 2.24) is 10.3 Å². The maximum Gasteiger partial charge on any atom is 0.252 e. The van der Waals surface area contributed by atoms with E-state index in [9.17, 15) is 9.90 Å². The summed E-state index contributed by atoms with van der Waals surface area (Å²) in [4.78, 5) is 17.3. The molecule has 0 radical (unpaired) electrons. The van der Waals surface area contributed by atoms with Crippen LogP contribution in [-0.2, 0) is 0 Å². The van der Waals surface area contributed by atoms with Crippen molar-refractivity contribution in [2.45, 2.75) is 6.04 Å². The van der Waals surface area contributed by atoms with Gasteiger partial charge in [0.25, 0.3) is 5.91 Å². The molecule has 4 rings (SSSR count). The normalized spacial score (nSPS) is 11.9. The predicted octanol–water partition coefficient (Wildman–Crippen LogP) is 6.43. The Hall–Kier alpha value is -2.99. The number of hydrogen-bond donors (Lipinski definition) is 2. The fourth-order valence-electron chi connectivity index (χ4n) is 3.44. The minimum Gasteiger partial charge on any atom is -0.505 e. The molecule has 162 valence electrons. The largest absolute Gasteiger partial charge is 0.505 e. The molecule has 1 heterocycles. The van der Waals surface area contributed by atoms with Gasteiger partial charge in [0.1, 0.15) is 17.0 Å². The van der Waals surface area contributed by atoms with E-state index >= 15 is 0 Å². The number of carbonyl (C=O) groups excluding carboxylic acids is 1. The zero-order chi connectivity index (χ0) is 22.8. The van der Waals surface area contributed by atoms with E-state index < -0.39 is 6.04 Å². The van der Waals surface area contributed by atoms with Crippen molar-refractivity contribution in [3.8, 4) is 11.5 Å². The van der Waals surface area contributed by atoms with Crippen LogP contribution in [0.2, 0.25) is 15.1 Å². The van der Waals surface area contributed by atoms with Crippen LogP contribution < -0.4 is 10.1 Å². The molecule has 0 aliphatic rings. The highest BCUT2D eigenvalue weighted by atomic mass is 35.5. The molecule has 5 nitrogen and oxygen atoms in total. The van der Waals surface area contributed by atoms with E-state index in [1.807, 2.05) is 0 Å². The molecule has 32 heavy (non-hydrogen) atoms. The number of nitrogens with zero attached hydrogens (tertiary/aromatic N) is 1. The second-order valence-electron chi connectivity index (χ2n) is 7.00. The zero-order valence-electron chi connectivity index (χ0n) is 16.8. The minimum absolute atomic E-state index is 0.101. The zero-order valence-corrected chi connectivity index (χ0v) is 19.0. The molecule has 0 unspecified atom stereocenters. The molecule has 0 aliphatic heterocycles. The molecule has 0 bridgehead atoms. The first-order chi connectivity index (χ1) is 15.4. The summed E-state index contributed by atoms with van der Waals surface area (Å²) in [6.45, 7) is 0. The monoisotopic (exact) mass is 486 g/mol. The van der Waals surface area contributed by atoms with Gasteiger partial charge in [-0.2, -0.15) is 0 Å². The van der Waals surface area contributed by atoms with Gasteiger partial charge in [0.2, 0.25) is 0 Å². The van der Waals surface area contributed by atoms with Gasteiger partial charge in [-0.05, 0) is 60.2 Å². The Morgan fingerprint density at radius 1 is 1.00 bits per heavy atom. The van der Waals surface area contributed by atoms with Crippen LogP contribution in [0, 0.1) is 0 Å². The van der Waals surface area contributed by atoms with Crippen molar-refractivity contribution >= 4 is 51.6 Å². The molecule has 2 N–H and O–H groups in total. The number of aromatic nitrogens is 1. The van der Waals surface area contributed by atoms with Gasteiger partial charge in [-0.25, -0.2) is 0 Å². The highest BCUT2D eigenvalue weighted by molar-refractivity contribution is 6.36. The fourth-order valence-corrected chi connectivity index (χ4v) is 4.23. The van der Waals surface area contributed by atoms with Gasteiger partial charge in [0.05, 0.1) is 18.2 Å². The smallest absolute Gasteiger partial charge is 0.252 e. The Morgan fingerprint density at radius 3 is 2.44 bits per heavy atom. The Morgan fingerprint density at radius 2 is 1.75 bits per heavy atom. The molecule has 4 aromatic rings. The third-order valence-electron chi connectivity index (χ3n) is 5.06. The third kappa shape index (κ3) is 4.32. The topological polar surface area (TPSA) is 71.5 Å². The second-order valence-corrected chi connectivity index (χ2v) is 8.25. The number of pyridine rings is 1. The molecular weight excluding hydrogens is 471 g/mol. The van der Waals surface area contributed by atoms with E-state index in [1.165, 1.54) is 0 Å². The molecule has 1 amide bonds. The van der Waals surface area contributed by atoms with Gasteiger partial charge in [-0.3, -0.25) is 9.78 Å². The minimum atomic E-state index is -0.821. The van der Waals surface area contributed by atoms with Gasteiger partial charge in [0, 0.05) is 32.8 Å². The average molecular weight is 488 g/mol. The summed E-state index contributed by atoms with van der Waals surface area (Å²) in [5.41, 5.74) is 1.63. The van der Waals surface area contributed by atoms with Crippen molar-refractivity contribution in [3.05, 3.63) is 98.6 Å². The van der Waals surface area contributed by atoms with E-state index in [-0.39, 0.29) is 11.7 Å². The van der Waals surface area contributed by atoms with Gasteiger partial charge in [0.15, 0.2) is 0 Å². The van der Waals surface area contributed by atoms with Crippen LogP contribution in [0.3, 0.4) is 0 Å². The van der Waals surface area contributed by atoms with Crippen molar-refractivity contribution < 1.29 is 14.6 Å². The van der Waals surface area contributed by atoms with Crippen molar-refractivity contribution in [1.29, 1.82) is 0 Å². The quantitative estimate of drug-likeness (QED) is 0.340. The number of benzene rings is 3. The van der Waals surface area contributed by atoms with Crippen LogP contribution in [0.1, 0.15) is 27.5 Å². The van der Waals surface area contributed by atoms with Crippen LogP contribution in [-0.4, -0.2) is 23.1 Å². The summed E-state index contributed by atoms with van der Waals surface area (Å²) < 4.78 is 5.15. The molecular formula is C24H17Cl3N2O3. The molecule has 1 atom stereocenters. The number of phenols is 1. The van der Waals surface area contributed by atoms with E-state index in [0.717, 1.165) is 0 Å². The number of amides is 1. The highest BCUT2D eigenvalue weighted by Gasteiger charge is 2.25. The number of hydrogen-bond acceptors (Lipinski definition) is 4. The number of halogens is 3. The summed E-state index contributed by atoms with van der Waals surface area (Å²) in [5.74, 6) is 0.153. The van der Waals surface area contributed by atoms with Gasteiger partial charge < -0.3 is 15.2 Å². The lowest BCUT2D eigenvalue weighted by Crippen LogP contribution is -2.29. The number of carbonyl (C=O) groups is 1. The molecule has 0 spiro atoms. The molecule has 0 aliphatic carbocycles. The van der Waals surface area contributed by atoms with E-state index in [2.05, 4.69) is 10.3 Å². The van der Waals surface area contributed by atoms with E-state index in [0.29, 0.717) is 48.4 Å². The van der Waals surface area contributed by atoms with Crippen LogP contribution in [0.4, 0.5) is 0 Å². The van der Waals surface area contributed by atoms with Crippen LogP contribution in [0.15, 0.2) is 66.9 Å². The number of phenolic OH excluding ortho intramolecular Hbond substituents is 1. The molecule has 0 fully saturated rings. The Labute approximate surface area is 199 Å². The Kier molecular flexibility index (Phi) is 6.42. The number of fused-ring (bicyclic) bond motifs is 1. The number of nitrogens with one attached hydrogen (secondary N) is 1. The summed E-state index contributed by atoms with van der Waals surface area (Å²) in [6.07, 6.45) is 1.56. The fraction of sp³-hybridized carbons (Fsp3) is 0.0833. The van der Waals surface area contributed by atoms with Gasteiger partial charge in [-0.15, -0.1) is 0 Å². The number of rotatable bonds is 5. The Bertz CT molecular complexity index is 1310. The Balaban J connectivity index is 1.84. The second kappa shape index (κ2) is 9.25. The molecule has 0 saturated heterocycles. The molecule has 3 aromatic carbocycles. The highest BCUT2D eigenvalue weighted by Crippen LogP contribution is 2.40. The number of aromatic hydroxyl groups is 1. The lowest BCUT2D eigenvalue weighted by atomic mass is 9.95. The van der Waals surface area contributed by atoms with Gasteiger partial charge >= 0.3 is 0 Å². The third-order valence-corrected chi connectivity index (χ3v) is 5.93. The summed E-state index contributed by atoms with van der Waals surface area (Å²) in [5, 5.41) is 15.7. The SMILES string of the molecule is COc1ccc(C(=O)N[C@H](c2ccc(Cl)cc2Cl)c2cc(Cl)c3cccnc3c2O)cc1. The van der Waals surface area contributed by atoms with Crippen LogP contribution in [0.5, 0.6) is 11.5 Å². The van der Waals surface area contributed by atoms with Crippen molar-refractivity contribution in [2.24, 2.45) is 0 Å². The predicted molar refractivity (Wildman–Crippen MR) is 127 cm³/mol. The van der Waals surface area contributed by atoms with Crippen LogP contribution in [0.25, 0.3) is 10.9 Å². The molecule has 8 heteroatoms. The lowest BCUT2D eigenvalue weighted by Gasteiger charge is -2.23. The van der Waals surface area contributed by atoms with Crippen molar-refractivity contribution in [2.75, 3.05) is 7.11 Å². The first kappa shape index (κ1) is 22.2. The number of ether oxygens (including phenoxy) is 1. The van der Waals surface area contributed by atoms with E-state index in [1.54, 1.807) is 74.0 Å². The van der Waals surface area contributed by atoms with Crippen LogP contribution >= 0.6 is 34.8 Å². The molecule has 0 saturated carbocycles. The van der Waals surface area contributed by atoms with E-state index in [4.69, 9.17) is 39.5 Å². The first-order valence-electron chi connectivity index (χ1n) is 9.55. The summed E-state index contributed by atoms with van der Waals surface area (Å²) in [7, 11) is 1.55. The summed E-state index contributed by atoms with van der Waals surface area (Å²) in [6, 6.07) is 15.9. The van der Waals surface area contributed by atoms with Crippen molar-refractivity contribution in [3.63, 3.8) is 0 Å². The standard InChI is InChI=1S/C24H17Cl3N2O3/c1-32-15-7-4-13(5-8-15)24(31)29-21(17-9-6-14(25)11-19(17)26)18-12-20(27)16-3-2-10-28-22(16)23(18)30/h2-12,21,30H,1H3,(H,29,31)/t21-/m1/s1. The molecule has 1 aromatic heterocycles. The lowest BCUT2D eigenvalue weighted by molar-refractivity contribution is 0.0942. The number of methoxy groups -OCH3 is 1.